The number of phenolic OH excluding ortho intramolecular Hbond substituents is 1. The lowest BCUT2D eigenvalue weighted by Gasteiger charge is -2.10. The summed E-state index contributed by atoms with van der Waals surface area (Å²) in [5, 5.41) is 11.4. The Kier molecular flexibility index (Phi) is 4.77. The molecule has 1 aromatic heterocycles. The summed E-state index contributed by atoms with van der Waals surface area (Å²) in [5.41, 5.74) is 3.14. The van der Waals surface area contributed by atoms with Gasteiger partial charge in [-0.1, -0.05) is 18.2 Å². The first-order valence-electron chi connectivity index (χ1n) is 7.39. The lowest BCUT2D eigenvalue weighted by Crippen LogP contribution is -1.94. The lowest BCUT2D eigenvalue weighted by atomic mass is 10.00. The maximum Gasteiger partial charge on any atom is 0.150 e. The van der Waals surface area contributed by atoms with Gasteiger partial charge < -0.3 is 9.84 Å². The second kappa shape index (κ2) is 7.15. The van der Waals surface area contributed by atoms with Crippen LogP contribution in [0.1, 0.15) is 11.1 Å². The number of carbonyl (C=O) groups is 1. The minimum absolute atomic E-state index is 0.192. The number of aldehydes is 1. The molecule has 0 aliphatic rings. The molecule has 3 aromatic rings. The van der Waals surface area contributed by atoms with Crippen molar-refractivity contribution < 1.29 is 14.6 Å². The molecule has 0 saturated heterocycles. The molecular weight excluding hydrogens is 320 g/mol. The Labute approximate surface area is 144 Å². The van der Waals surface area contributed by atoms with E-state index in [0.717, 1.165) is 27.9 Å². The number of aromatic hydroxyl groups is 1. The summed E-state index contributed by atoms with van der Waals surface area (Å²) < 4.78 is 5.42. The zero-order chi connectivity index (χ0) is 16.9. The Balaban J connectivity index is 2.08. The van der Waals surface area contributed by atoms with Crippen LogP contribution in [0.5, 0.6) is 11.5 Å². The molecule has 0 amide bonds. The van der Waals surface area contributed by atoms with Crippen molar-refractivity contribution in [3.8, 4) is 21.9 Å². The molecular formula is C20H16O3S. The van der Waals surface area contributed by atoms with Gasteiger partial charge in [-0.25, -0.2) is 0 Å². The molecule has 0 radical (unpaired) electrons. The van der Waals surface area contributed by atoms with Gasteiger partial charge in [-0.05, 0) is 59.0 Å². The number of hydrogen-bond donors (Lipinski definition) is 1. The molecule has 1 N–H and O–H groups in total. The predicted molar refractivity (Wildman–Crippen MR) is 98.3 cm³/mol. The van der Waals surface area contributed by atoms with Gasteiger partial charge in [0.2, 0.25) is 0 Å². The Morgan fingerprint density at radius 3 is 2.54 bits per heavy atom. The average molecular weight is 336 g/mol. The molecule has 0 aliphatic heterocycles. The fraction of sp³-hybridized carbons (Fsp3) is 0.0500. The lowest BCUT2D eigenvalue weighted by molar-refractivity contribution is -0.103. The van der Waals surface area contributed by atoms with E-state index in [1.165, 1.54) is 0 Å². The normalized spacial score (nSPS) is 11.3. The molecule has 0 spiro atoms. The van der Waals surface area contributed by atoms with Crippen LogP contribution in [0.25, 0.3) is 22.1 Å². The highest BCUT2D eigenvalue weighted by atomic mass is 32.1. The van der Waals surface area contributed by atoms with Gasteiger partial charge in [0.15, 0.2) is 6.29 Å². The minimum atomic E-state index is 0.192. The first-order valence-corrected chi connectivity index (χ1v) is 8.27. The Morgan fingerprint density at radius 1 is 1.12 bits per heavy atom. The molecule has 24 heavy (non-hydrogen) atoms. The van der Waals surface area contributed by atoms with Gasteiger partial charge >= 0.3 is 0 Å². The molecule has 0 fully saturated rings. The molecule has 1 heterocycles. The molecule has 3 rings (SSSR count). The first kappa shape index (κ1) is 16.0. The summed E-state index contributed by atoms with van der Waals surface area (Å²) in [7, 11) is 1.59. The van der Waals surface area contributed by atoms with Gasteiger partial charge in [0.05, 0.1) is 7.11 Å². The van der Waals surface area contributed by atoms with Crippen molar-refractivity contribution in [1.82, 2.24) is 0 Å². The summed E-state index contributed by atoms with van der Waals surface area (Å²) in [5.74, 6) is 0.838. The maximum atomic E-state index is 11.7. The van der Waals surface area contributed by atoms with Crippen molar-refractivity contribution in [2.24, 2.45) is 0 Å². The van der Waals surface area contributed by atoms with E-state index < -0.39 is 0 Å². The van der Waals surface area contributed by atoms with E-state index in [2.05, 4.69) is 0 Å². The van der Waals surface area contributed by atoms with Crippen LogP contribution in [0.2, 0.25) is 0 Å². The molecule has 4 heteroatoms. The SMILES string of the molecule is COc1ccc(-c2cccs2)cc1/C(C=O)=C\c1ccc(O)cc1. The third-order valence-corrected chi connectivity index (χ3v) is 4.58. The average Bonchev–Trinajstić information content (AvgIpc) is 3.15. The zero-order valence-electron chi connectivity index (χ0n) is 13.1. The van der Waals surface area contributed by atoms with Gasteiger partial charge in [0.25, 0.3) is 0 Å². The largest absolute Gasteiger partial charge is 0.508 e. The van der Waals surface area contributed by atoms with Crippen LogP contribution < -0.4 is 4.74 Å². The molecule has 2 aromatic carbocycles. The Hall–Kier alpha value is -2.85. The Morgan fingerprint density at radius 2 is 1.92 bits per heavy atom. The highest BCUT2D eigenvalue weighted by molar-refractivity contribution is 7.13. The fourth-order valence-electron chi connectivity index (χ4n) is 2.46. The van der Waals surface area contributed by atoms with Gasteiger partial charge in [-0.2, -0.15) is 0 Å². The van der Waals surface area contributed by atoms with Gasteiger partial charge in [0.1, 0.15) is 11.5 Å². The zero-order valence-corrected chi connectivity index (χ0v) is 13.9. The van der Waals surface area contributed by atoms with Gasteiger partial charge in [-0.3, -0.25) is 4.79 Å². The number of methoxy groups -OCH3 is 1. The van der Waals surface area contributed by atoms with Crippen LogP contribution in [0, 0.1) is 0 Å². The Bertz CT molecular complexity index is 862. The van der Waals surface area contributed by atoms with Gasteiger partial charge in [0, 0.05) is 16.0 Å². The van der Waals surface area contributed by atoms with Crippen molar-refractivity contribution in [3.63, 3.8) is 0 Å². The predicted octanol–water partition coefficient (Wildman–Crippen LogP) is 4.87. The summed E-state index contributed by atoms with van der Waals surface area (Å²) in [6, 6.07) is 16.6. The van der Waals surface area contributed by atoms with Gasteiger partial charge in [-0.15, -0.1) is 11.3 Å². The van der Waals surface area contributed by atoms with Crippen LogP contribution in [0.4, 0.5) is 0 Å². The second-order valence-corrected chi connectivity index (χ2v) is 6.15. The van der Waals surface area contributed by atoms with E-state index in [1.807, 2.05) is 35.7 Å². The summed E-state index contributed by atoms with van der Waals surface area (Å²) in [6.45, 7) is 0. The van der Waals surface area contributed by atoms with Crippen LogP contribution in [-0.2, 0) is 4.79 Å². The molecule has 0 bridgehead atoms. The monoisotopic (exact) mass is 336 g/mol. The van der Waals surface area contributed by atoms with E-state index in [4.69, 9.17) is 4.74 Å². The number of hydrogen-bond acceptors (Lipinski definition) is 4. The smallest absolute Gasteiger partial charge is 0.150 e. The van der Waals surface area contributed by atoms with Crippen molar-refractivity contribution in [2.45, 2.75) is 0 Å². The molecule has 120 valence electrons. The maximum absolute atomic E-state index is 11.7. The van der Waals surface area contributed by atoms with Crippen LogP contribution in [0.3, 0.4) is 0 Å². The van der Waals surface area contributed by atoms with Crippen LogP contribution in [-0.4, -0.2) is 18.5 Å². The van der Waals surface area contributed by atoms with Crippen LogP contribution in [0.15, 0.2) is 60.0 Å². The third kappa shape index (κ3) is 3.39. The molecule has 0 unspecified atom stereocenters. The van der Waals surface area contributed by atoms with E-state index in [-0.39, 0.29) is 5.75 Å². The third-order valence-electron chi connectivity index (χ3n) is 3.66. The number of carbonyl (C=O) groups excluding carboxylic acids is 1. The number of phenols is 1. The fourth-order valence-corrected chi connectivity index (χ4v) is 3.18. The quantitative estimate of drug-likeness (QED) is 0.411. The topological polar surface area (TPSA) is 46.5 Å². The highest BCUT2D eigenvalue weighted by Gasteiger charge is 2.11. The first-order chi connectivity index (χ1) is 11.7. The number of thiophene rings is 1. The van der Waals surface area contributed by atoms with E-state index in [1.54, 1.807) is 48.8 Å². The molecule has 0 aliphatic carbocycles. The number of benzene rings is 2. The van der Waals surface area contributed by atoms with E-state index >= 15 is 0 Å². The summed E-state index contributed by atoms with van der Waals surface area (Å²) in [4.78, 5) is 12.8. The summed E-state index contributed by atoms with van der Waals surface area (Å²) >= 11 is 1.65. The molecule has 0 atom stereocenters. The highest BCUT2D eigenvalue weighted by Crippen LogP contribution is 2.33. The number of rotatable bonds is 5. The van der Waals surface area contributed by atoms with Crippen molar-refractivity contribution in [3.05, 3.63) is 71.1 Å². The summed E-state index contributed by atoms with van der Waals surface area (Å²) in [6.07, 6.45) is 2.60. The van der Waals surface area contributed by atoms with Crippen molar-refractivity contribution in [2.75, 3.05) is 7.11 Å². The van der Waals surface area contributed by atoms with Crippen molar-refractivity contribution >= 4 is 29.3 Å². The van der Waals surface area contributed by atoms with Crippen LogP contribution >= 0.6 is 11.3 Å². The van der Waals surface area contributed by atoms with E-state index in [9.17, 15) is 9.90 Å². The number of ether oxygens (including phenoxy) is 1. The minimum Gasteiger partial charge on any atom is -0.508 e. The standard InChI is InChI=1S/C20H16O3S/c1-23-19-9-6-15(20-3-2-10-24-20)12-18(19)16(13-21)11-14-4-7-17(22)8-5-14/h2-13,22H,1H3/b16-11-. The molecule has 3 nitrogen and oxygen atoms in total. The van der Waals surface area contributed by atoms with Crippen molar-refractivity contribution in [1.29, 1.82) is 0 Å². The van der Waals surface area contributed by atoms with E-state index in [0.29, 0.717) is 11.3 Å². The number of allylic oxidation sites excluding steroid dienone is 1. The molecule has 0 saturated carbocycles. The second-order valence-electron chi connectivity index (χ2n) is 5.20.